The molecule has 0 saturated heterocycles. The summed E-state index contributed by atoms with van der Waals surface area (Å²) in [7, 11) is 0. The molecule has 3 rings (SSSR count). The van der Waals surface area contributed by atoms with E-state index in [1.807, 2.05) is 45.9 Å². The molecule has 0 bridgehead atoms. The maximum absolute atomic E-state index is 12.9. The molecule has 1 amide bonds. The highest BCUT2D eigenvalue weighted by atomic mass is 32.2. The summed E-state index contributed by atoms with van der Waals surface area (Å²) in [6, 6.07) is 5.54. The number of carbonyl (C=O) groups excluding carboxylic acids is 1. The number of carbonyl (C=O) groups is 1. The first kappa shape index (κ1) is 19.3. The highest BCUT2D eigenvalue weighted by Crippen LogP contribution is 2.22. The van der Waals surface area contributed by atoms with Gasteiger partial charge in [-0.2, -0.15) is 0 Å². The van der Waals surface area contributed by atoms with E-state index in [0.717, 1.165) is 17.9 Å². The van der Waals surface area contributed by atoms with Crippen LogP contribution in [-0.2, 0) is 11.3 Å². The SMILES string of the molecule is CC[C@@H](C)n1c(SCC(=O)NCc2ccc(C)o2)nc2cc(C)[nH]c2c1=O. The van der Waals surface area contributed by atoms with E-state index < -0.39 is 0 Å². The Bertz CT molecular complexity index is 1020. The summed E-state index contributed by atoms with van der Waals surface area (Å²) in [6.45, 7) is 8.10. The number of fused-ring (bicyclic) bond motifs is 1. The molecule has 7 nitrogen and oxygen atoms in total. The summed E-state index contributed by atoms with van der Waals surface area (Å²) in [5, 5.41) is 3.39. The molecule has 0 radical (unpaired) electrons. The van der Waals surface area contributed by atoms with E-state index in [1.165, 1.54) is 11.8 Å². The van der Waals surface area contributed by atoms with Crippen molar-refractivity contribution in [3.05, 3.63) is 45.8 Å². The van der Waals surface area contributed by atoms with Crippen LogP contribution in [0.1, 0.15) is 43.5 Å². The third-order valence-corrected chi connectivity index (χ3v) is 5.36. The maximum atomic E-state index is 12.9. The van der Waals surface area contributed by atoms with Crippen LogP contribution in [-0.4, -0.2) is 26.2 Å². The van der Waals surface area contributed by atoms with Gasteiger partial charge in [-0.3, -0.25) is 14.2 Å². The molecule has 1 atom stereocenters. The number of H-pyrrole nitrogens is 1. The summed E-state index contributed by atoms with van der Waals surface area (Å²) < 4.78 is 7.12. The molecule has 0 spiro atoms. The van der Waals surface area contributed by atoms with Crippen molar-refractivity contribution in [3.63, 3.8) is 0 Å². The Balaban J connectivity index is 1.76. The minimum atomic E-state index is -0.135. The van der Waals surface area contributed by atoms with Crippen molar-refractivity contribution >= 4 is 28.7 Å². The minimum Gasteiger partial charge on any atom is -0.465 e. The van der Waals surface area contributed by atoms with Crippen LogP contribution < -0.4 is 10.9 Å². The first-order chi connectivity index (χ1) is 12.9. The van der Waals surface area contributed by atoms with E-state index >= 15 is 0 Å². The van der Waals surface area contributed by atoms with Gasteiger partial charge >= 0.3 is 0 Å². The van der Waals surface area contributed by atoms with Gasteiger partial charge in [-0.1, -0.05) is 18.7 Å². The molecule has 0 saturated carbocycles. The molecule has 144 valence electrons. The highest BCUT2D eigenvalue weighted by molar-refractivity contribution is 7.99. The number of furan rings is 1. The van der Waals surface area contributed by atoms with Gasteiger partial charge in [-0.15, -0.1) is 0 Å². The Kier molecular flexibility index (Phi) is 5.74. The van der Waals surface area contributed by atoms with Crippen molar-refractivity contribution in [2.75, 3.05) is 5.75 Å². The van der Waals surface area contributed by atoms with Gasteiger partial charge in [0.05, 0.1) is 17.8 Å². The van der Waals surface area contributed by atoms with Crippen molar-refractivity contribution in [1.29, 1.82) is 0 Å². The molecule has 0 aliphatic carbocycles. The van der Waals surface area contributed by atoms with Gasteiger partial charge in [0.1, 0.15) is 17.0 Å². The number of hydrogen-bond acceptors (Lipinski definition) is 5. The fourth-order valence-corrected chi connectivity index (χ4v) is 3.74. The van der Waals surface area contributed by atoms with Crippen molar-refractivity contribution in [2.45, 2.75) is 51.9 Å². The van der Waals surface area contributed by atoms with Gasteiger partial charge in [0.25, 0.3) is 5.56 Å². The molecule has 0 unspecified atom stereocenters. The molecule has 27 heavy (non-hydrogen) atoms. The van der Waals surface area contributed by atoms with Crippen molar-refractivity contribution in [3.8, 4) is 0 Å². The van der Waals surface area contributed by atoms with Crippen LogP contribution >= 0.6 is 11.8 Å². The molecular weight excluding hydrogens is 364 g/mol. The smallest absolute Gasteiger partial charge is 0.278 e. The first-order valence-electron chi connectivity index (χ1n) is 8.95. The number of thioether (sulfide) groups is 1. The van der Waals surface area contributed by atoms with Gasteiger partial charge in [-0.05, 0) is 45.4 Å². The molecule has 2 N–H and O–H groups in total. The zero-order valence-electron chi connectivity index (χ0n) is 16.0. The quantitative estimate of drug-likeness (QED) is 0.478. The van der Waals surface area contributed by atoms with E-state index in [2.05, 4.69) is 15.3 Å². The lowest BCUT2D eigenvalue weighted by Crippen LogP contribution is -2.28. The average molecular weight is 388 g/mol. The number of hydrogen-bond donors (Lipinski definition) is 2. The second-order valence-corrected chi connectivity index (χ2v) is 7.56. The number of rotatable bonds is 7. The summed E-state index contributed by atoms with van der Waals surface area (Å²) >= 11 is 1.27. The average Bonchev–Trinajstić information content (AvgIpc) is 3.22. The normalized spacial score (nSPS) is 12.4. The van der Waals surface area contributed by atoms with Crippen molar-refractivity contribution < 1.29 is 9.21 Å². The zero-order valence-corrected chi connectivity index (χ0v) is 16.8. The lowest BCUT2D eigenvalue weighted by atomic mass is 10.2. The molecule has 0 aliphatic rings. The highest BCUT2D eigenvalue weighted by Gasteiger charge is 2.18. The summed E-state index contributed by atoms with van der Waals surface area (Å²) in [5.74, 6) is 1.57. The maximum Gasteiger partial charge on any atom is 0.278 e. The standard InChI is InChI=1S/C19H24N4O3S/c1-5-12(3)23-18(25)17-15(8-11(2)21-17)22-19(23)27-10-16(24)20-9-14-7-6-13(4)26-14/h6-8,12,21H,5,9-10H2,1-4H3,(H,20,24)/t12-/m1/s1. The van der Waals surface area contributed by atoms with Crippen molar-refractivity contribution in [2.24, 2.45) is 0 Å². The summed E-state index contributed by atoms with van der Waals surface area (Å²) in [6.07, 6.45) is 0.796. The monoisotopic (exact) mass is 388 g/mol. The Labute approximate surface area is 161 Å². The van der Waals surface area contributed by atoms with Gasteiger partial charge in [0, 0.05) is 11.7 Å². The predicted octanol–water partition coefficient (Wildman–Crippen LogP) is 3.31. The molecule has 0 fully saturated rings. The van der Waals surface area contributed by atoms with Crippen LogP contribution in [0.4, 0.5) is 0 Å². The number of amides is 1. The second-order valence-electron chi connectivity index (χ2n) is 6.62. The molecule has 8 heteroatoms. The van der Waals surface area contributed by atoms with Crippen LogP contribution in [0.25, 0.3) is 11.0 Å². The van der Waals surface area contributed by atoms with Crippen LogP contribution in [0.15, 0.2) is 32.6 Å². The van der Waals surface area contributed by atoms with Crippen LogP contribution in [0.5, 0.6) is 0 Å². The Morgan fingerprint density at radius 3 is 2.85 bits per heavy atom. The van der Waals surface area contributed by atoms with E-state index in [0.29, 0.717) is 28.5 Å². The lowest BCUT2D eigenvalue weighted by Gasteiger charge is -2.17. The molecular formula is C19H24N4O3S. The lowest BCUT2D eigenvalue weighted by molar-refractivity contribution is -0.118. The minimum absolute atomic E-state index is 0.00494. The van der Waals surface area contributed by atoms with Gasteiger partial charge < -0.3 is 14.7 Å². The molecule has 0 aromatic carbocycles. The summed E-state index contributed by atoms with van der Waals surface area (Å²) in [5.41, 5.74) is 1.93. The van der Waals surface area contributed by atoms with Crippen LogP contribution in [0.3, 0.4) is 0 Å². The molecule has 3 heterocycles. The third kappa shape index (κ3) is 4.27. The topological polar surface area (TPSA) is 92.9 Å². The third-order valence-electron chi connectivity index (χ3n) is 4.41. The van der Waals surface area contributed by atoms with E-state index in [-0.39, 0.29) is 23.3 Å². The molecule has 3 aromatic heterocycles. The number of aromatic amines is 1. The zero-order chi connectivity index (χ0) is 19.6. The van der Waals surface area contributed by atoms with Crippen molar-refractivity contribution in [1.82, 2.24) is 19.9 Å². The number of aryl methyl sites for hydroxylation is 2. The van der Waals surface area contributed by atoms with Gasteiger partial charge in [-0.25, -0.2) is 4.98 Å². The fourth-order valence-electron chi connectivity index (χ4n) is 2.81. The van der Waals surface area contributed by atoms with E-state index in [1.54, 1.807) is 4.57 Å². The van der Waals surface area contributed by atoms with Gasteiger partial charge in [0.15, 0.2) is 5.16 Å². The summed E-state index contributed by atoms with van der Waals surface area (Å²) in [4.78, 5) is 32.8. The van der Waals surface area contributed by atoms with E-state index in [4.69, 9.17) is 4.42 Å². The second kappa shape index (κ2) is 8.04. The van der Waals surface area contributed by atoms with E-state index in [9.17, 15) is 9.59 Å². The number of aromatic nitrogens is 3. The first-order valence-corrected chi connectivity index (χ1v) is 9.94. The Hall–Kier alpha value is -2.48. The largest absolute Gasteiger partial charge is 0.465 e. The molecule has 0 aliphatic heterocycles. The molecule has 3 aromatic rings. The van der Waals surface area contributed by atoms with Crippen LogP contribution in [0, 0.1) is 13.8 Å². The fraction of sp³-hybridized carbons (Fsp3) is 0.421. The number of nitrogens with one attached hydrogen (secondary N) is 2. The predicted molar refractivity (Wildman–Crippen MR) is 106 cm³/mol. The Morgan fingerprint density at radius 1 is 1.41 bits per heavy atom. The number of nitrogens with zero attached hydrogens (tertiary/aromatic N) is 2. The Morgan fingerprint density at radius 2 is 2.19 bits per heavy atom. The van der Waals surface area contributed by atoms with Gasteiger partial charge in [0.2, 0.25) is 5.91 Å². The van der Waals surface area contributed by atoms with Crippen LogP contribution in [0.2, 0.25) is 0 Å².